The normalized spacial score (nSPS) is 15.7. The Morgan fingerprint density at radius 2 is 1.81 bits per heavy atom. The number of ether oxygens (including phenoxy) is 2. The van der Waals surface area contributed by atoms with Crippen LogP contribution in [0.1, 0.15) is 31.9 Å². The van der Waals surface area contributed by atoms with Gasteiger partial charge in [-0.3, -0.25) is 4.99 Å². The zero-order valence-electron chi connectivity index (χ0n) is 17.1. The van der Waals surface area contributed by atoms with Gasteiger partial charge in [0, 0.05) is 32.7 Å². The van der Waals surface area contributed by atoms with Crippen molar-refractivity contribution >= 4 is 12.1 Å². The Hall–Kier alpha value is -2.44. The first kappa shape index (κ1) is 20.9. The van der Waals surface area contributed by atoms with Crippen molar-refractivity contribution in [3.05, 3.63) is 29.3 Å². The Kier molecular flexibility index (Phi) is 6.93. The summed E-state index contributed by atoms with van der Waals surface area (Å²) < 4.78 is 10.8. The molecule has 0 radical (unpaired) electrons. The third-order valence-electron chi connectivity index (χ3n) is 4.35. The van der Waals surface area contributed by atoms with E-state index in [0.717, 1.165) is 17.7 Å². The molecule has 2 N–H and O–H groups in total. The number of aliphatic imine (C=N–C) groups is 1. The molecule has 7 nitrogen and oxygen atoms in total. The summed E-state index contributed by atoms with van der Waals surface area (Å²) in [5.41, 5.74) is 7.99. The number of aryl methyl sites for hydroxylation is 1. The Balaban J connectivity index is 1.84. The number of hydrogen-bond donors (Lipinski definition) is 1. The molecule has 2 rings (SSSR count). The van der Waals surface area contributed by atoms with Gasteiger partial charge >= 0.3 is 6.09 Å². The van der Waals surface area contributed by atoms with Gasteiger partial charge in [0.25, 0.3) is 0 Å². The summed E-state index contributed by atoms with van der Waals surface area (Å²) in [6, 6.07) is 6.13. The maximum Gasteiger partial charge on any atom is 0.410 e. The average Bonchev–Trinajstić information content (AvgIpc) is 2.60. The van der Waals surface area contributed by atoms with Crippen molar-refractivity contribution in [1.29, 1.82) is 0 Å². The summed E-state index contributed by atoms with van der Waals surface area (Å²) in [6.45, 7) is 10.7. The second kappa shape index (κ2) is 8.97. The lowest BCUT2D eigenvalue weighted by molar-refractivity contribution is 0.0186. The third-order valence-corrected chi connectivity index (χ3v) is 4.35. The van der Waals surface area contributed by atoms with Crippen molar-refractivity contribution in [3.63, 3.8) is 0 Å². The van der Waals surface area contributed by atoms with Gasteiger partial charge < -0.3 is 25.0 Å². The summed E-state index contributed by atoms with van der Waals surface area (Å²) in [7, 11) is 1.68. The number of benzene rings is 1. The first-order valence-electron chi connectivity index (χ1n) is 9.36. The molecule has 1 aliphatic heterocycles. The van der Waals surface area contributed by atoms with E-state index in [1.807, 2.05) is 37.8 Å². The smallest absolute Gasteiger partial charge is 0.410 e. The Labute approximate surface area is 162 Å². The number of guanidine groups is 1. The fourth-order valence-electron chi connectivity index (χ4n) is 2.94. The second-order valence-corrected chi connectivity index (χ2v) is 7.76. The van der Waals surface area contributed by atoms with Gasteiger partial charge in [0.15, 0.2) is 5.96 Å². The van der Waals surface area contributed by atoms with E-state index in [1.54, 1.807) is 12.0 Å². The monoisotopic (exact) mass is 376 g/mol. The number of nitrogens with two attached hydrogens (primary N) is 1. The first-order valence-corrected chi connectivity index (χ1v) is 9.36. The Bertz CT molecular complexity index is 674. The van der Waals surface area contributed by atoms with Crippen LogP contribution in [0, 0.1) is 6.92 Å². The molecule has 0 bridgehead atoms. The topological polar surface area (TPSA) is 80.4 Å². The molecule has 1 heterocycles. The van der Waals surface area contributed by atoms with Crippen LogP contribution in [-0.2, 0) is 11.2 Å². The van der Waals surface area contributed by atoms with E-state index < -0.39 is 5.60 Å². The van der Waals surface area contributed by atoms with E-state index in [9.17, 15) is 4.79 Å². The van der Waals surface area contributed by atoms with Crippen LogP contribution < -0.4 is 10.5 Å². The lowest BCUT2D eigenvalue weighted by Gasteiger charge is -2.36. The van der Waals surface area contributed by atoms with Crippen LogP contribution in [0.25, 0.3) is 0 Å². The molecule has 0 unspecified atom stereocenters. The summed E-state index contributed by atoms with van der Waals surface area (Å²) in [4.78, 5) is 20.3. The first-order chi connectivity index (χ1) is 12.7. The lowest BCUT2D eigenvalue weighted by atomic mass is 10.1. The van der Waals surface area contributed by atoms with Gasteiger partial charge in [-0.05, 0) is 45.7 Å². The van der Waals surface area contributed by atoms with Crippen LogP contribution in [0.5, 0.6) is 5.75 Å². The van der Waals surface area contributed by atoms with Crippen molar-refractivity contribution < 1.29 is 14.3 Å². The summed E-state index contributed by atoms with van der Waals surface area (Å²) in [5.74, 6) is 1.39. The van der Waals surface area contributed by atoms with Crippen molar-refractivity contribution in [2.45, 2.75) is 39.7 Å². The molecule has 1 amide bonds. The fourth-order valence-corrected chi connectivity index (χ4v) is 2.94. The minimum atomic E-state index is -0.481. The third kappa shape index (κ3) is 6.34. The predicted molar refractivity (Wildman–Crippen MR) is 107 cm³/mol. The number of nitrogens with zero attached hydrogens (tertiary/aromatic N) is 3. The quantitative estimate of drug-likeness (QED) is 0.645. The summed E-state index contributed by atoms with van der Waals surface area (Å²) >= 11 is 0. The minimum Gasteiger partial charge on any atom is -0.496 e. The molecule has 1 saturated heterocycles. The van der Waals surface area contributed by atoms with E-state index >= 15 is 0 Å². The van der Waals surface area contributed by atoms with Gasteiger partial charge in [0.05, 0.1) is 7.11 Å². The van der Waals surface area contributed by atoms with Crippen molar-refractivity contribution in [3.8, 4) is 5.75 Å². The molecule has 150 valence electrons. The second-order valence-electron chi connectivity index (χ2n) is 7.76. The molecule has 0 atom stereocenters. The van der Waals surface area contributed by atoms with E-state index in [1.165, 1.54) is 5.56 Å². The molecule has 27 heavy (non-hydrogen) atoms. The SMILES string of the molecule is COc1ccc(C)cc1CCN=C(N)N1CCN(C(=O)OC(C)(C)C)CC1. The number of methoxy groups -OCH3 is 1. The van der Waals surface area contributed by atoms with Crippen molar-refractivity contribution in [2.75, 3.05) is 39.8 Å². The molecule has 0 aliphatic carbocycles. The highest BCUT2D eigenvalue weighted by molar-refractivity contribution is 5.78. The van der Waals surface area contributed by atoms with Crippen LogP contribution >= 0.6 is 0 Å². The van der Waals surface area contributed by atoms with Crippen LogP contribution in [0.15, 0.2) is 23.2 Å². The fraction of sp³-hybridized carbons (Fsp3) is 0.600. The molecule has 1 aromatic carbocycles. The van der Waals surface area contributed by atoms with Crippen molar-refractivity contribution in [2.24, 2.45) is 10.7 Å². The van der Waals surface area contributed by atoms with Crippen LogP contribution in [0.2, 0.25) is 0 Å². The van der Waals surface area contributed by atoms with Crippen LogP contribution in [0.3, 0.4) is 0 Å². The van der Waals surface area contributed by atoms with Crippen LogP contribution in [-0.4, -0.2) is 67.3 Å². The number of piperazine rings is 1. The zero-order chi connectivity index (χ0) is 20.0. The number of amides is 1. The molecule has 0 aromatic heterocycles. The highest BCUT2D eigenvalue weighted by Crippen LogP contribution is 2.20. The van der Waals surface area contributed by atoms with Gasteiger partial charge in [0.1, 0.15) is 11.4 Å². The van der Waals surface area contributed by atoms with Gasteiger partial charge in [0.2, 0.25) is 0 Å². The molecule has 1 fully saturated rings. The summed E-state index contributed by atoms with van der Waals surface area (Å²) in [5, 5.41) is 0. The number of rotatable bonds is 4. The van der Waals surface area contributed by atoms with Gasteiger partial charge in [-0.2, -0.15) is 0 Å². The van der Waals surface area contributed by atoms with Gasteiger partial charge in [-0.25, -0.2) is 4.79 Å². The van der Waals surface area contributed by atoms with E-state index in [4.69, 9.17) is 15.2 Å². The lowest BCUT2D eigenvalue weighted by Crippen LogP contribution is -2.53. The maximum absolute atomic E-state index is 12.1. The average molecular weight is 377 g/mol. The van der Waals surface area contributed by atoms with Crippen LogP contribution in [0.4, 0.5) is 4.79 Å². The number of carbonyl (C=O) groups is 1. The van der Waals surface area contributed by atoms with Gasteiger partial charge in [-0.15, -0.1) is 0 Å². The number of hydrogen-bond acceptors (Lipinski definition) is 4. The largest absolute Gasteiger partial charge is 0.496 e. The predicted octanol–water partition coefficient (Wildman–Crippen LogP) is 2.41. The molecular formula is C20H32N4O3. The summed E-state index contributed by atoms with van der Waals surface area (Å²) in [6.07, 6.45) is 0.493. The molecule has 1 aromatic rings. The van der Waals surface area contributed by atoms with Crippen molar-refractivity contribution in [1.82, 2.24) is 9.80 Å². The van der Waals surface area contributed by atoms with E-state index in [-0.39, 0.29) is 6.09 Å². The minimum absolute atomic E-state index is 0.274. The number of carbonyl (C=O) groups excluding carboxylic acids is 1. The maximum atomic E-state index is 12.1. The standard InChI is InChI=1S/C20H32N4O3/c1-15-6-7-17(26-5)16(14-15)8-9-22-18(21)23-10-12-24(13-11-23)19(25)27-20(2,3)4/h6-7,14H,8-13H2,1-5H3,(H2,21,22). The Morgan fingerprint density at radius 3 is 2.41 bits per heavy atom. The zero-order valence-corrected chi connectivity index (χ0v) is 17.1. The molecule has 0 spiro atoms. The highest BCUT2D eigenvalue weighted by Gasteiger charge is 2.26. The molecular weight excluding hydrogens is 344 g/mol. The van der Waals surface area contributed by atoms with Gasteiger partial charge in [-0.1, -0.05) is 17.7 Å². The van der Waals surface area contributed by atoms with E-state index in [0.29, 0.717) is 38.7 Å². The van der Waals surface area contributed by atoms with E-state index in [2.05, 4.69) is 18.0 Å². The molecule has 0 saturated carbocycles. The molecule has 7 heteroatoms. The Morgan fingerprint density at radius 1 is 1.19 bits per heavy atom. The molecule has 1 aliphatic rings. The highest BCUT2D eigenvalue weighted by atomic mass is 16.6.